The minimum Gasteiger partial charge on any atom is -0.294 e. The highest BCUT2D eigenvalue weighted by Gasteiger charge is 2.16. The van der Waals surface area contributed by atoms with Crippen LogP contribution in [0.4, 0.5) is 0 Å². The second-order valence-corrected chi connectivity index (χ2v) is 11.4. The molecule has 4 heterocycles. The van der Waals surface area contributed by atoms with Crippen LogP contribution in [0, 0.1) is 0 Å². The summed E-state index contributed by atoms with van der Waals surface area (Å²) in [5.41, 5.74) is 10.7. The molecule has 0 amide bonds. The highest BCUT2D eigenvalue weighted by Crippen LogP contribution is 2.35. The molecule has 0 unspecified atom stereocenters. The van der Waals surface area contributed by atoms with Gasteiger partial charge >= 0.3 is 0 Å². The highest BCUT2D eigenvalue weighted by atomic mass is 15.1. The molecule has 0 aliphatic rings. The van der Waals surface area contributed by atoms with Crippen molar-refractivity contribution in [3.63, 3.8) is 0 Å². The summed E-state index contributed by atoms with van der Waals surface area (Å²) in [6.45, 7) is 15.9. The van der Waals surface area contributed by atoms with Gasteiger partial charge < -0.3 is 0 Å². The van der Waals surface area contributed by atoms with Crippen LogP contribution in [0.2, 0.25) is 0 Å². The van der Waals surface area contributed by atoms with E-state index in [0.717, 1.165) is 88.6 Å². The number of fused-ring (bicyclic) bond motifs is 6. The van der Waals surface area contributed by atoms with E-state index < -0.39 is 0 Å². The van der Waals surface area contributed by atoms with E-state index in [1.54, 1.807) is 0 Å². The Morgan fingerprint density at radius 2 is 0.696 bits per heavy atom. The molecule has 0 N–H and O–H groups in total. The molecule has 8 rings (SSSR count). The van der Waals surface area contributed by atoms with E-state index in [-0.39, 0.29) is 0 Å². The zero-order chi connectivity index (χ0) is 31.4. The quantitative estimate of drug-likeness (QED) is 0.185. The van der Waals surface area contributed by atoms with Crippen LogP contribution in [0.3, 0.4) is 0 Å². The monoisotopic (exact) mass is 590 g/mol. The van der Waals surface area contributed by atoms with E-state index in [1.165, 1.54) is 0 Å². The first-order chi connectivity index (χ1) is 22.6. The normalized spacial score (nSPS) is 11.4. The first-order valence-corrected chi connectivity index (χ1v) is 15.2. The molecule has 4 aromatic carbocycles. The molecule has 0 radical (unpaired) electrons. The number of rotatable bonds is 7. The number of nitrogens with zero attached hydrogens (tertiary/aromatic N) is 4. The van der Waals surface area contributed by atoms with Gasteiger partial charge in [0, 0.05) is 45.1 Å². The predicted octanol–water partition coefficient (Wildman–Crippen LogP) is 10.9. The maximum absolute atomic E-state index is 4.94. The smallest absolute Gasteiger partial charge is 0.137 e. The third-order valence-corrected chi connectivity index (χ3v) is 8.86. The van der Waals surface area contributed by atoms with Crippen molar-refractivity contribution in [2.75, 3.05) is 0 Å². The molecule has 46 heavy (non-hydrogen) atoms. The maximum Gasteiger partial charge on any atom is 0.137 e. The van der Waals surface area contributed by atoms with Gasteiger partial charge in [0.15, 0.2) is 0 Å². The summed E-state index contributed by atoms with van der Waals surface area (Å²) in [5.74, 6) is 1.71. The van der Waals surface area contributed by atoms with Crippen LogP contribution < -0.4 is 0 Å². The van der Waals surface area contributed by atoms with Crippen molar-refractivity contribution in [1.82, 2.24) is 19.1 Å². The Hall–Kier alpha value is -6.26. The number of benzene rings is 4. The zero-order valence-corrected chi connectivity index (χ0v) is 25.3. The largest absolute Gasteiger partial charge is 0.294 e. The fourth-order valence-corrected chi connectivity index (χ4v) is 6.50. The Morgan fingerprint density at radius 1 is 0.391 bits per heavy atom. The summed E-state index contributed by atoms with van der Waals surface area (Å²) in [4.78, 5) is 9.89. The van der Waals surface area contributed by atoms with Crippen LogP contribution in [0.1, 0.15) is 22.3 Å². The lowest BCUT2D eigenvalue weighted by atomic mass is 10.1. The number of aromatic nitrogens is 4. The average molecular weight is 591 g/mol. The molecule has 4 nitrogen and oxygen atoms in total. The van der Waals surface area contributed by atoms with E-state index in [9.17, 15) is 0 Å². The van der Waals surface area contributed by atoms with Crippen molar-refractivity contribution in [2.45, 2.75) is 0 Å². The van der Waals surface area contributed by atoms with Gasteiger partial charge in [-0.3, -0.25) is 9.13 Å². The van der Waals surface area contributed by atoms with Gasteiger partial charge in [-0.05, 0) is 95.1 Å². The van der Waals surface area contributed by atoms with Crippen LogP contribution >= 0.6 is 0 Å². The van der Waals surface area contributed by atoms with Crippen LogP contribution in [-0.2, 0) is 0 Å². The number of hydrogen-bond donors (Lipinski definition) is 0. The molecule has 0 fully saturated rings. The van der Waals surface area contributed by atoms with Gasteiger partial charge in [0.2, 0.25) is 0 Å². The standard InChI is InChI=1S/C42H30N4/c1-5-27-9-15-37-33(21-27)34-22-28(6-2)10-16-38(34)45(37)41-19-13-31(25-43-41)32-14-20-42(44-26-32)46-39-17-11-29(7-3)23-35(39)36-24-30(8-4)12-18-40(36)46/h5-26H,1-4H2. The van der Waals surface area contributed by atoms with Gasteiger partial charge in [-0.1, -0.05) is 74.9 Å². The summed E-state index contributed by atoms with van der Waals surface area (Å²) in [6, 6.07) is 34.0. The van der Waals surface area contributed by atoms with Gasteiger partial charge in [-0.15, -0.1) is 0 Å². The van der Waals surface area contributed by atoms with Crippen LogP contribution in [0.15, 0.2) is 136 Å². The minimum absolute atomic E-state index is 0.856. The Bertz CT molecular complexity index is 2210. The van der Waals surface area contributed by atoms with Gasteiger partial charge in [0.1, 0.15) is 11.6 Å². The lowest BCUT2D eigenvalue weighted by Crippen LogP contribution is -1.98. The topological polar surface area (TPSA) is 35.6 Å². The van der Waals surface area contributed by atoms with E-state index in [0.29, 0.717) is 0 Å². The Labute approximate surface area is 267 Å². The van der Waals surface area contributed by atoms with Gasteiger partial charge in [-0.2, -0.15) is 0 Å². The lowest BCUT2D eigenvalue weighted by Gasteiger charge is -2.10. The summed E-state index contributed by atoms with van der Waals surface area (Å²) in [5, 5.41) is 4.64. The Balaban J connectivity index is 1.19. The number of pyridine rings is 2. The van der Waals surface area contributed by atoms with Crippen molar-refractivity contribution in [3.05, 3.63) is 158 Å². The van der Waals surface area contributed by atoms with Crippen LogP contribution in [0.5, 0.6) is 0 Å². The molecule has 0 saturated carbocycles. The van der Waals surface area contributed by atoms with Gasteiger partial charge in [0.25, 0.3) is 0 Å². The molecule has 0 atom stereocenters. The summed E-state index contributed by atoms with van der Waals surface area (Å²) < 4.78 is 4.43. The van der Waals surface area contributed by atoms with E-state index in [4.69, 9.17) is 9.97 Å². The van der Waals surface area contributed by atoms with Crippen molar-refractivity contribution >= 4 is 67.9 Å². The number of hydrogen-bond acceptors (Lipinski definition) is 2. The lowest BCUT2D eigenvalue weighted by molar-refractivity contribution is 1.07. The molecule has 0 aliphatic heterocycles. The van der Waals surface area contributed by atoms with Crippen molar-refractivity contribution in [2.24, 2.45) is 0 Å². The molecule has 0 aliphatic carbocycles. The Kier molecular flexibility index (Phi) is 6.36. The summed E-state index contributed by atoms with van der Waals surface area (Å²) in [7, 11) is 0. The SMILES string of the molecule is C=Cc1ccc2c(c1)c1cc(C=C)ccc1n2-c1ccc(-c2ccc(-n3c4ccc(C=C)cc4c4cc(C=C)ccc43)nc2)cn1. The zero-order valence-electron chi connectivity index (χ0n) is 25.3. The molecule has 0 spiro atoms. The fourth-order valence-electron chi connectivity index (χ4n) is 6.50. The van der Waals surface area contributed by atoms with Crippen molar-refractivity contribution in [1.29, 1.82) is 0 Å². The van der Waals surface area contributed by atoms with Crippen LogP contribution in [0.25, 0.3) is 90.7 Å². The van der Waals surface area contributed by atoms with Crippen LogP contribution in [-0.4, -0.2) is 19.1 Å². The molecule has 8 aromatic rings. The third-order valence-electron chi connectivity index (χ3n) is 8.86. The van der Waals surface area contributed by atoms with E-state index in [2.05, 4.69) is 133 Å². The second-order valence-electron chi connectivity index (χ2n) is 11.4. The third kappa shape index (κ3) is 4.23. The first kappa shape index (κ1) is 27.3. The molecular weight excluding hydrogens is 560 g/mol. The molecule has 4 heteroatoms. The molecule has 0 saturated heterocycles. The van der Waals surface area contributed by atoms with Crippen molar-refractivity contribution in [3.8, 4) is 22.8 Å². The maximum atomic E-state index is 4.94. The first-order valence-electron chi connectivity index (χ1n) is 15.2. The minimum atomic E-state index is 0.856. The fraction of sp³-hybridized carbons (Fsp3) is 0. The molecule has 0 bridgehead atoms. The Morgan fingerprint density at radius 3 is 0.935 bits per heavy atom. The summed E-state index contributed by atoms with van der Waals surface area (Å²) >= 11 is 0. The molecule has 218 valence electrons. The highest BCUT2D eigenvalue weighted by molar-refractivity contribution is 6.11. The van der Waals surface area contributed by atoms with Crippen molar-refractivity contribution < 1.29 is 0 Å². The summed E-state index contributed by atoms with van der Waals surface area (Å²) in [6.07, 6.45) is 11.4. The predicted molar refractivity (Wildman–Crippen MR) is 197 cm³/mol. The van der Waals surface area contributed by atoms with Gasteiger partial charge in [-0.25, -0.2) is 9.97 Å². The second kappa shape index (κ2) is 10.7. The molecule has 4 aromatic heterocycles. The van der Waals surface area contributed by atoms with E-state index >= 15 is 0 Å². The van der Waals surface area contributed by atoms with E-state index in [1.807, 2.05) is 36.7 Å². The molecular formula is C42H30N4. The average Bonchev–Trinajstić information content (AvgIpc) is 3.62. The van der Waals surface area contributed by atoms with Gasteiger partial charge in [0.05, 0.1) is 22.1 Å².